The average molecular weight is 292 g/mol. The first-order valence-electron chi connectivity index (χ1n) is 6.02. The Bertz CT molecular complexity index is 616. The van der Waals surface area contributed by atoms with Crippen molar-refractivity contribution >= 4 is 23.4 Å². The zero-order chi connectivity index (χ0) is 14.7. The molecule has 0 bridgehead atoms. The second kappa shape index (κ2) is 5.88. The molecule has 20 heavy (non-hydrogen) atoms. The van der Waals surface area contributed by atoms with E-state index in [1.54, 1.807) is 6.20 Å². The van der Waals surface area contributed by atoms with Crippen LogP contribution in [0.4, 0.5) is 5.82 Å². The predicted octanol–water partition coefficient (Wildman–Crippen LogP) is 3.03. The fourth-order valence-corrected chi connectivity index (χ4v) is 1.92. The molecule has 0 aliphatic rings. The standard InChI is InChI=1S/C14H14ClN3O2/c1-9(10-3-5-11(15)6-4-10)18(2)13-8-16-7-12(17-13)14(19)20/h3-9H,1-2H3,(H,19,20). The van der Waals surface area contributed by atoms with Crippen LogP contribution in [-0.4, -0.2) is 28.1 Å². The van der Waals surface area contributed by atoms with Crippen LogP contribution >= 0.6 is 11.6 Å². The first-order chi connectivity index (χ1) is 9.49. The van der Waals surface area contributed by atoms with Gasteiger partial charge in [0.2, 0.25) is 0 Å². The Morgan fingerprint density at radius 3 is 2.55 bits per heavy atom. The van der Waals surface area contributed by atoms with Crippen LogP contribution in [0.15, 0.2) is 36.7 Å². The Labute approximate surface area is 121 Å². The minimum atomic E-state index is -1.09. The molecule has 2 rings (SSSR count). The molecule has 1 unspecified atom stereocenters. The molecule has 0 saturated carbocycles. The highest BCUT2D eigenvalue weighted by molar-refractivity contribution is 6.30. The van der Waals surface area contributed by atoms with Gasteiger partial charge in [0, 0.05) is 12.1 Å². The van der Waals surface area contributed by atoms with Crippen LogP contribution in [0.25, 0.3) is 0 Å². The number of aromatic nitrogens is 2. The van der Waals surface area contributed by atoms with E-state index in [1.807, 2.05) is 43.1 Å². The quantitative estimate of drug-likeness (QED) is 0.938. The summed E-state index contributed by atoms with van der Waals surface area (Å²) >= 11 is 5.87. The van der Waals surface area contributed by atoms with Gasteiger partial charge in [0.05, 0.1) is 18.4 Å². The molecule has 1 aromatic heterocycles. The van der Waals surface area contributed by atoms with Gasteiger partial charge in [-0.2, -0.15) is 0 Å². The lowest BCUT2D eigenvalue weighted by molar-refractivity contribution is 0.0690. The van der Waals surface area contributed by atoms with Crippen molar-refractivity contribution in [2.45, 2.75) is 13.0 Å². The van der Waals surface area contributed by atoms with Crippen molar-refractivity contribution in [2.24, 2.45) is 0 Å². The van der Waals surface area contributed by atoms with Crippen molar-refractivity contribution in [3.05, 3.63) is 52.9 Å². The molecule has 0 fully saturated rings. The number of nitrogens with zero attached hydrogens (tertiary/aromatic N) is 3. The zero-order valence-electron chi connectivity index (χ0n) is 11.1. The van der Waals surface area contributed by atoms with Gasteiger partial charge in [0.1, 0.15) is 5.82 Å². The van der Waals surface area contributed by atoms with Crippen molar-refractivity contribution in [3.63, 3.8) is 0 Å². The summed E-state index contributed by atoms with van der Waals surface area (Å²) in [5.74, 6) is -0.584. The van der Waals surface area contributed by atoms with Crippen LogP contribution in [-0.2, 0) is 0 Å². The summed E-state index contributed by atoms with van der Waals surface area (Å²) in [4.78, 5) is 20.8. The Hall–Kier alpha value is -2.14. The second-order valence-electron chi connectivity index (χ2n) is 4.41. The predicted molar refractivity (Wildman–Crippen MR) is 77.3 cm³/mol. The van der Waals surface area contributed by atoms with Crippen molar-refractivity contribution < 1.29 is 9.90 Å². The molecular weight excluding hydrogens is 278 g/mol. The fourth-order valence-electron chi connectivity index (χ4n) is 1.79. The molecule has 0 radical (unpaired) electrons. The van der Waals surface area contributed by atoms with E-state index in [0.717, 1.165) is 5.56 Å². The summed E-state index contributed by atoms with van der Waals surface area (Å²) in [7, 11) is 1.84. The third-order valence-corrected chi connectivity index (χ3v) is 3.39. The van der Waals surface area contributed by atoms with Gasteiger partial charge in [-0.1, -0.05) is 23.7 Å². The maximum Gasteiger partial charge on any atom is 0.356 e. The molecule has 0 saturated heterocycles. The Morgan fingerprint density at radius 2 is 1.95 bits per heavy atom. The SMILES string of the molecule is CC(c1ccc(Cl)cc1)N(C)c1cncc(C(=O)O)n1. The van der Waals surface area contributed by atoms with Crippen LogP contribution in [0.3, 0.4) is 0 Å². The normalized spacial score (nSPS) is 11.9. The summed E-state index contributed by atoms with van der Waals surface area (Å²) in [6.45, 7) is 2.00. The fraction of sp³-hybridized carbons (Fsp3) is 0.214. The minimum absolute atomic E-state index is 0.0191. The summed E-state index contributed by atoms with van der Waals surface area (Å²) in [5.41, 5.74) is 0.983. The average Bonchev–Trinajstić information content (AvgIpc) is 2.46. The number of carboxylic acids is 1. The summed E-state index contributed by atoms with van der Waals surface area (Å²) < 4.78 is 0. The van der Waals surface area contributed by atoms with E-state index in [0.29, 0.717) is 10.8 Å². The molecule has 1 N–H and O–H groups in total. The number of carboxylic acid groups (broad SMARTS) is 1. The molecule has 5 nitrogen and oxygen atoms in total. The maximum absolute atomic E-state index is 10.9. The molecule has 0 aliphatic carbocycles. The van der Waals surface area contributed by atoms with Gasteiger partial charge in [0.25, 0.3) is 0 Å². The van der Waals surface area contributed by atoms with Gasteiger partial charge in [-0.3, -0.25) is 4.98 Å². The first-order valence-corrected chi connectivity index (χ1v) is 6.40. The number of halogens is 1. The molecule has 6 heteroatoms. The van der Waals surface area contributed by atoms with Crippen LogP contribution < -0.4 is 4.90 Å². The third-order valence-electron chi connectivity index (χ3n) is 3.14. The number of carbonyl (C=O) groups is 1. The van der Waals surface area contributed by atoms with E-state index in [4.69, 9.17) is 16.7 Å². The van der Waals surface area contributed by atoms with Crippen molar-refractivity contribution in [3.8, 4) is 0 Å². The lowest BCUT2D eigenvalue weighted by atomic mass is 10.1. The summed E-state index contributed by atoms with van der Waals surface area (Å²) in [6, 6.07) is 7.52. The van der Waals surface area contributed by atoms with Crippen LogP contribution in [0.5, 0.6) is 0 Å². The first kappa shape index (κ1) is 14.3. The van der Waals surface area contributed by atoms with Gasteiger partial charge >= 0.3 is 5.97 Å². The van der Waals surface area contributed by atoms with E-state index in [2.05, 4.69) is 9.97 Å². The van der Waals surface area contributed by atoms with Gasteiger partial charge in [-0.15, -0.1) is 0 Å². The van der Waals surface area contributed by atoms with E-state index >= 15 is 0 Å². The summed E-state index contributed by atoms with van der Waals surface area (Å²) in [5, 5.41) is 9.62. The molecule has 2 aromatic rings. The second-order valence-corrected chi connectivity index (χ2v) is 4.84. The molecule has 1 aromatic carbocycles. The molecule has 1 atom stereocenters. The molecule has 0 aliphatic heterocycles. The smallest absolute Gasteiger partial charge is 0.356 e. The number of benzene rings is 1. The van der Waals surface area contributed by atoms with E-state index in [1.165, 1.54) is 6.20 Å². The van der Waals surface area contributed by atoms with E-state index in [-0.39, 0.29) is 11.7 Å². The highest BCUT2D eigenvalue weighted by Crippen LogP contribution is 2.24. The van der Waals surface area contributed by atoms with Gasteiger partial charge < -0.3 is 10.0 Å². The van der Waals surface area contributed by atoms with Gasteiger partial charge in [0.15, 0.2) is 5.69 Å². The van der Waals surface area contributed by atoms with Gasteiger partial charge in [-0.25, -0.2) is 9.78 Å². The number of anilines is 1. The van der Waals surface area contributed by atoms with E-state index in [9.17, 15) is 4.79 Å². The zero-order valence-corrected chi connectivity index (χ0v) is 11.9. The van der Waals surface area contributed by atoms with Gasteiger partial charge in [-0.05, 0) is 24.6 Å². The number of hydrogen-bond acceptors (Lipinski definition) is 4. The van der Waals surface area contributed by atoms with Crippen molar-refractivity contribution in [1.82, 2.24) is 9.97 Å². The Morgan fingerprint density at radius 1 is 1.30 bits per heavy atom. The summed E-state index contributed by atoms with van der Waals surface area (Å²) in [6.07, 6.45) is 2.77. The minimum Gasteiger partial charge on any atom is -0.476 e. The monoisotopic (exact) mass is 291 g/mol. The van der Waals surface area contributed by atoms with Crippen LogP contribution in [0.1, 0.15) is 29.0 Å². The highest BCUT2D eigenvalue weighted by Gasteiger charge is 2.15. The lowest BCUT2D eigenvalue weighted by Crippen LogP contribution is -2.23. The highest BCUT2D eigenvalue weighted by atomic mass is 35.5. The lowest BCUT2D eigenvalue weighted by Gasteiger charge is -2.26. The Kier molecular flexibility index (Phi) is 4.20. The number of rotatable bonds is 4. The molecular formula is C14H14ClN3O2. The van der Waals surface area contributed by atoms with Crippen molar-refractivity contribution in [2.75, 3.05) is 11.9 Å². The molecule has 0 spiro atoms. The largest absolute Gasteiger partial charge is 0.476 e. The number of aromatic carboxylic acids is 1. The maximum atomic E-state index is 10.9. The third kappa shape index (κ3) is 3.05. The molecule has 1 heterocycles. The Balaban J connectivity index is 2.26. The van der Waals surface area contributed by atoms with Crippen molar-refractivity contribution in [1.29, 1.82) is 0 Å². The topological polar surface area (TPSA) is 66.3 Å². The van der Waals surface area contributed by atoms with Crippen LogP contribution in [0.2, 0.25) is 5.02 Å². The van der Waals surface area contributed by atoms with E-state index < -0.39 is 5.97 Å². The molecule has 0 amide bonds. The number of hydrogen-bond donors (Lipinski definition) is 1. The van der Waals surface area contributed by atoms with Crippen LogP contribution in [0, 0.1) is 0 Å². The molecule has 104 valence electrons.